The fourth-order valence-corrected chi connectivity index (χ4v) is 1.58. The second kappa shape index (κ2) is 5.20. The Morgan fingerprint density at radius 3 is 2.82 bits per heavy atom. The Morgan fingerprint density at radius 1 is 1.29 bits per heavy atom. The van der Waals surface area contributed by atoms with Crippen LogP contribution in [0.5, 0.6) is 0 Å². The van der Waals surface area contributed by atoms with E-state index in [2.05, 4.69) is 36.2 Å². The van der Waals surface area contributed by atoms with E-state index in [0.717, 1.165) is 0 Å². The molecule has 0 saturated carbocycles. The molecule has 1 amide bonds. The highest BCUT2D eigenvalue weighted by Gasteiger charge is 2.09. The van der Waals surface area contributed by atoms with Crippen molar-refractivity contribution in [1.29, 1.82) is 0 Å². The number of carbonyl (C=O) groups is 1. The van der Waals surface area contributed by atoms with Crippen LogP contribution in [0, 0.1) is 0 Å². The summed E-state index contributed by atoms with van der Waals surface area (Å²) in [5.41, 5.74) is 0.267. The number of nitrogens with zero attached hydrogens (tertiary/aromatic N) is 3. The van der Waals surface area contributed by atoms with E-state index in [4.69, 9.17) is 11.6 Å². The van der Waals surface area contributed by atoms with E-state index in [1.54, 1.807) is 18.2 Å². The minimum Gasteiger partial charge on any atom is -0.289 e. The molecule has 0 aliphatic heterocycles. The van der Waals surface area contributed by atoms with Gasteiger partial charge in [0, 0.05) is 6.20 Å². The predicted octanol–water partition coefficient (Wildman–Crippen LogP) is 2.54. The molecule has 86 valence electrons. The minimum atomic E-state index is -0.395. The largest absolute Gasteiger partial charge is 0.289 e. The Hall–Kier alpha value is -1.53. The second-order valence-corrected chi connectivity index (χ2v) is 4.20. The highest BCUT2D eigenvalue weighted by atomic mass is 79.9. The van der Waals surface area contributed by atoms with E-state index < -0.39 is 5.91 Å². The lowest BCUT2D eigenvalue weighted by Crippen LogP contribution is -2.15. The summed E-state index contributed by atoms with van der Waals surface area (Å²) in [5.74, 6) is -0.252. The zero-order chi connectivity index (χ0) is 12.3. The first-order chi connectivity index (χ1) is 8.15. The number of hydrogen-bond acceptors (Lipinski definition) is 4. The number of pyridine rings is 1. The van der Waals surface area contributed by atoms with Crippen molar-refractivity contribution in [2.24, 2.45) is 0 Å². The maximum Gasteiger partial charge on any atom is 0.276 e. The summed E-state index contributed by atoms with van der Waals surface area (Å²) in [4.78, 5) is 23.5. The second-order valence-electron chi connectivity index (χ2n) is 3.00. The molecule has 2 rings (SSSR count). The van der Waals surface area contributed by atoms with Gasteiger partial charge < -0.3 is 0 Å². The molecule has 0 aliphatic carbocycles. The van der Waals surface area contributed by atoms with E-state index in [9.17, 15) is 4.79 Å². The summed E-state index contributed by atoms with van der Waals surface area (Å²) in [6.45, 7) is 0. The molecule has 2 heterocycles. The van der Waals surface area contributed by atoms with Crippen LogP contribution in [0.25, 0.3) is 0 Å². The number of carbonyl (C=O) groups excluding carboxylic acids is 1. The molecule has 0 bridgehead atoms. The maximum atomic E-state index is 11.8. The van der Waals surface area contributed by atoms with Crippen LogP contribution in [0.1, 0.15) is 10.5 Å². The summed E-state index contributed by atoms with van der Waals surface area (Å²) in [7, 11) is 0. The van der Waals surface area contributed by atoms with E-state index in [1.807, 2.05) is 0 Å². The molecule has 0 atom stereocenters. The average Bonchev–Trinajstić information content (AvgIpc) is 2.29. The highest BCUT2D eigenvalue weighted by molar-refractivity contribution is 9.10. The standard InChI is InChI=1S/C10H6BrClN4O/c11-7-3-1-2-6(14-7)9(17)16-10-13-5-4-8(12)15-10/h1-5H,(H,13,15,16,17). The Bertz CT molecular complexity index is 564. The molecule has 2 aromatic heterocycles. The third-order valence-electron chi connectivity index (χ3n) is 1.79. The van der Waals surface area contributed by atoms with Crippen LogP contribution < -0.4 is 5.32 Å². The molecule has 0 aliphatic rings. The molecule has 17 heavy (non-hydrogen) atoms. The van der Waals surface area contributed by atoms with Crippen LogP contribution >= 0.6 is 27.5 Å². The van der Waals surface area contributed by atoms with Crippen LogP contribution in [-0.2, 0) is 0 Å². The van der Waals surface area contributed by atoms with Crippen LogP contribution in [0.4, 0.5) is 5.95 Å². The van der Waals surface area contributed by atoms with Gasteiger partial charge in [0.1, 0.15) is 15.5 Å². The molecule has 0 unspecified atom stereocenters. The first-order valence-corrected chi connectivity index (χ1v) is 5.75. The van der Waals surface area contributed by atoms with Gasteiger partial charge in [-0.25, -0.2) is 15.0 Å². The van der Waals surface area contributed by atoms with Crippen molar-refractivity contribution in [2.45, 2.75) is 0 Å². The SMILES string of the molecule is O=C(Nc1nccc(Cl)n1)c1cccc(Br)n1. The van der Waals surface area contributed by atoms with Crippen LogP contribution in [0.2, 0.25) is 5.15 Å². The van der Waals surface area contributed by atoms with Gasteiger partial charge in [0.2, 0.25) is 5.95 Å². The van der Waals surface area contributed by atoms with Gasteiger partial charge in [0.25, 0.3) is 5.91 Å². The average molecular weight is 314 g/mol. The first-order valence-electron chi connectivity index (χ1n) is 4.57. The van der Waals surface area contributed by atoms with Crippen molar-refractivity contribution in [2.75, 3.05) is 5.32 Å². The molecule has 0 fully saturated rings. The molecule has 0 radical (unpaired) electrons. The van der Waals surface area contributed by atoms with Crippen molar-refractivity contribution in [3.63, 3.8) is 0 Å². The van der Waals surface area contributed by atoms with Gasteiger partial charge in [-0.15, -0.1) is 0 Å². The maximum absolute atomic E-state index is 11.8. The number of hydrogen-bond donors (Lipinski definition) is 1. The monoisotopic (exact) mass is 312 g/mol. The molecule has 0 aromatic carbocycles. The third-order valence-corrected chi connectivity index (χ3v) is 2.45. The smallest absolute Gasteiger partial charge is 0.276 e. The number of nitrogens with one attached hydrogen (secondary N) is 1. The van der Waals surface area contributed by atoms with Crippen molar-refractivity contribution in [1.82, 2.24) is 15.0 Å². The quantitative estimate of drug-likeness (QED) is 0.683. The van der Waals surface area contributed by atoms with Gasteiger partial charge in [-0.2, -0.15) is 0 Å². The lowest BCUT2D eigenvalue weighted by molar-refractivity contribution is 0.102. The Labute approximate surface area is 110 Å². The summed E-state index contributed by atoms with van der Waals surface area (Å²) in [6, 6.07) is 6.55. The topological polar surface area (TPSA) is 67.8 Å². The van der Waals surface area contributed by atoms with E-state index >= 15 is 0 Å². The van der Waals surface area contributed by atoms with Crippen molar-refractivity contribution in [3.05, 3.63) is 45.9 Å². The van der Waals surface area contributed by atoms with Gasteiger partial charge in [0.15, 0.2) is 0 Å². The van der Waals surface area contributed by atoms with E-state index in [0.29, 0.717) is 4.60 Å². The molecule has 7 heteroatoms. The molecular weight excluding hydrogens is 307 g/mol. The zero-order valence-electron chi connectivity index (χ0n) is 8.39. The number of halogens is 2. The fourth-order valence-electron chi connectivity index (χ4n) is 1.10. The van der Waals surface area contributed by atoms with Crippen molar-refractivity contribution < 1.29 is 4.79 Å². The Balaban J connectivity index is 2.17. The summed E-state index contributed by atoms with van der Waals surface area (Å²) < 4.78 is 0.581. The first kappa shape index (κ1) is 11.9. The predicted molar refractivity (Wildman–Crippen MR) is 66.9 cm³/mol. The highest BCUT2D eigenvalue weighted by Crippen LogP contribution is 2.09. The van der Waals surface area contributed by atoms with Gasteiger partial charge >= 0.3 is 0 Å². The summed E-state index contributed by atoms with van der Waals surface area (Å²) in [6.07, 6.45) is 1.46. The van der Waals surface area contributed by atoms with Crippen molar-refractivity contribution in [3.8, 4) is 0 Å². The van der Waals surface area contributed by atoms with Crippen LogP contribution in [-0.4, -0.2) is 20.9 Å². The molecular formula is C10H6BrClN4O. The molecule has 0 spiro atoms. The summed E-state index contributed by atoms with van der Waals surface area (Å²) >= 11 is 8.86. The third kappa shape index (κ3) is 3.21. The molecule has 1 N–H and O–H groups in total. The van der Waals surface area contributed by atoms with Crippen LogP contribution in [0.15, 0.2) is 35.1 Å². The van der Waals surface area contributed by atoms with Gasteiger partial charge in [-0.1, -0.05) is 17.7 Å². The minimum absolute atomic E-state index is 0.143. The van der Waals surface area contributed by atoms with Crippen molar-refractivity contribution >= 4 is 39.4 Å². The number of amides is 1. The van der Waals surface area contributed by atoms with Gasteiger partial charge in [-0.05, 0) is 34.1 Å². The van der Waals surface area contributed by atoms with Crippen LogP contribution in [0.3, 0.4) is 0 Å². The van der Waals surface area contributed by atoms with Gasteiger partial charge in [0.05, 0.1) is 0 Å². The normalized spacial score (nSPS) is 10.0. The fraction of sp³-hybridized carbons (Fsp3) is 0. The van der Waals surface area contributed by atoms with E-state index in [1.165, 1.54) is 12.3 Å². The number of anilines is 1. The molecule has 0 saturated heterocycles. The lowest BCUT2D eigenvalue weighted by Gasteiger charge is -2.02. The number of rotatable bonds is 2. The molecule has 5 nitrogen and oxygen atoms in total. The lowest BCUT2D eigenvalue weighted by atomic mass is 10.3. The zero-order valence-corrected chi connectivity index (χ0v) is 10.7. The van der Waals surface area contributed by atoms with Gasteiger partial charge in [-0.3, -0.25) is 10.1 Å². The summed E-state index contributed by atoms with van der Waals surface area (Å²) in [5, 5.41) is 2.76. The Morgan fingerprint density at radius 2 is 2.12 bits per heavy atom. The molecule has 2 aromatic rings. The number of aromatic nitrogens is 3. The van der Waals surface area contributed by atoms with E-state index in [-0.39, 0.29) is 16.8 Å². The Kier molecular flexibility index (Phi) is 3.65.